The maximum Gasteiger partial charge on any atom is 0.407 e. The van der Waals surface area contributed by atoms with Crippen LogP contribution in [0.5, 0.6) is 0 Å². The Balaban J connectivity index is 4.65. The molecule has 0 aromatic rings. The number of hydrogen-bond acceptors (Lipinski definition) is 3. The molecule has 0 saturated heterocycles. The Hall–Kier alpha value is -1.19. The zero-order valence-corrected chi connectivity index (χ0v) is 11.0. The maximum absolute atomic E-state index is 12.3. The van der Waals surface area contributed by atoms with Crippen LogP contribution in [0.4, 0.5) is 31.1 Å². The third-order valence-corrected chi connectivity index (χ3v) is 2.01. The minimum Gasteiger partial charge on any atom is -0.444 e. The van der Waals surface area contributed by atoms with Crippen LogP contribution in [0.1, 0.15) is 20.8 Å². The number of nitrogens with one attached hydrogen (secondary N) is 1. The Morgan fingerprint density at radius 2 is 1.50 bits per heavy atom. The maximum atomic E-state index is 12.3. The first-order valence-electron chi connectivity index (χ1n) is 5.50. The molecule has 1 atom stereocenters. The number of alkyl carbamates (subject to hydrolysis) is 1. The Morgan fingerprint density at radius 3 is 1.80 bits per heavy atom. The molecule has 0 saturated carbocycles. The van der Waals surface area contributed by atoms with E-state index in [0.29, 0.717) is 0 Å². The molecular weight excluding hydrogens is 294 g/mol. The van der Waals surface area contributed by atoms with E-state index in [0.717, 1.165) is 0 Å². The van der Waals surface area contributed by atoms with Gasteiger partial charge in [0.1, 0.15) is 5.60 Å². The van der Waals surface area contributed by atoms with Gasteiger partial charge in [-0.25, -0.2) is 4.79 Å². The van der Waals surface area contributed by atoms with Crippen molar-refractivity contribution < 1.29 is 35.9 Å². The van der Waals surface area contributed by atoms with Crippen molar-refractivity contribution in [2.24, 2.45) is 11.7 Å². The topological polar surface area (TPSA) is 64.3 Å². The van der Waals surface area contributed by atoms with Gasteiger partial charge in [-0.05, 0) is 20.8 Å². The Labute approximate surface area is 111 Å². The van der Waals surface area contributed by atoms with Gasteiger partial charge in [-0.3, -0.25) is 0 Å². The summed E-state index contributed by atoms with van der Waals surface area (Å²) in [5, 5.41) is 1.78. The minimum absolute atomic E-state index is 0.929. The molecule has 1 unspecified atom stereocenters. The summed E-state index contributed by atoms with van der Waals surface area (Å²) < 4.78 is 78.6. The molecule has 3 N–H and O–H groups in total. The first-order valence-corrected chi connectivity index (χ1v) is 5.50. The van der Waals surface area contributed by atoms with Crippen molar-refractivity contribution in [2.45, 2.75) is 44.8 Å². The summed E-state index contributed by atoms with van der Waals surface area (Å²) >= 11 is 0. The molecular formula is C10H16F6N2O2. The zero-order chi connectivity index (χ0) is 16.4. The molecule has 4 nitrogen and oxygen atoms in total. The highest BCUT2D eigenvalue weighted by molar-refractivity contribution is 5.67. The van der Waals surface area contributed by atoms with Crippen LogP contribution in [0.15, 0.2) is 0 Å². The molecule has 1 amide bonds. The van der Waals surface area contributed by atoms with Crippen molar-refractivity contribution in [3.8, 4) is 0 Å². The van der Waals surface area contributed by atoms with Crippen LogP contribution >= 0.6 is 0 Å². The molecule has 0 heterocycles. The summed E-state index contributed by atoms with van der Waals surface area (Å²) in [5.74, 6) is -3.72. The fourth-order valence-electron chi connectivity index (χ4n) is 1.30. The predicted octanol–water partition coefficient (Wildman–Crippen LogP) is 2.58. The van der Waals surface area contributed by atoms with E-state index in [-0.39, 0.29) is 0 Å². The summed E-state index contributed by atoms with van der Waals surface area (Å²) in [7, 11) is 0. The van der Waals surface area contributed by atoms with Gasteiger partial charge in [-0.2, -0.15) is 26.3 Å². The molecule has 0 aromatic heterocycles. The van der Waals surface area contributed by atoms with E-state index >= 15 is 0 Å². The van der Waals surface area contributed by atoms with Gasteiger partial charge in [0.2, 0.25) is 0 Å². The summed E-state index contributed by atoms with van der Waals surface area (Å²) in [5.41, 5.74) is 3.96. The first kappa shape index (κ1) is 18.8. The molecule has 0 fully saturated rings. The smallest absolute Gasteiger partial charge is 0.407 e. The lowest BCUT2D eigenvalue weighted by atomic mass is 9.99. The van der Waals surface area contributed by atoms with E-state index in [1.807, 2.05) is 0 Å². The monoisotopic (exact) mass is 310 g/mol. The van der Waals surface area contributed by atoms with Gasteiger partial charge in [0.25, 0.3) is 0 Å². The van der Waals surface area contributed by atoms with Crippen molar-refractivity contribution >= 4 is 6.09 Å². The second kappa shape index (κ2) is 6.06. The van der Waals surface area contributed by atoms with Gasteiger partial charge < -0.3 is 15.8 Å². The fourth-order valence-corrected chi connectivity index (χ4v) is 1.30. The second-order valence-electron chi connectivity index (χ2n) is 5.11. The van der Waals surface area contributed by atoms with Crippen molar-refractivity contribution in [3.63, 3.8) is 0 Å². The number of rotatable bonds is 3. The summed E-state index contributed by atoms with van der Waals surface area (Å²) in [6.45, 7) is 3.45. The highest BCUT2D eigenvalue weighted by atomic mass is 19.4. The van der Waals surface area contributed by atoms with E-state index in [2.05, 4.69) is 4.74 Å². The number of halogens is 6. The van der Waals surface area contributed by atoms with E-state index in [4.69, 9.17) is 5.73 Å². The summed E-state index contributed by atoms with van der Waals surface area (Å²) in [6, 6.07) is -2.36. The van der Waals surface area contributed by atoms with Gasteiger partial charge >= 0.3 is 18.4 Å². The summed E-state index contributed by atoms with van der Waals surface area (Å²) in [4.78, 5) is 11.1. The molecule has 0 aliphatic carbocycles. The number of carbonyl (C=O) groups is 1. The van der Waals surface area contributed by atoms with Gasteiger partial charge in [0.15, 0.2) is 5.92 Å². The van der Waals surface area contributed by atoms with Gasteiger partial charge in [-0.15, -0.1) is 0 Å². The lowest BCUT2D eigenvalue weighted by molar-refractivity contribution is -0.288. The number of hydrogen-bond donors (Lipinski definition) is 2. The number of carbonyl (C=O) groups excluding carboxylic acids is 1. The third kappa shape index (κ3) is 6.83. The molecule has 0 rings (SSSR count). The average Bonchev–Trinajstić information content (AvgIpc) is 2.06. The SMILES string of the molecule is CC(C)(C)OC(=O)NCC(N)C(C(F)(F)F)C(F)(F)F. The quantitative estimate of drug-likeness (QED) is 0.788. The van der Waals surface area contributed by atoms with Gasteiger partial charge in [-0.1, -0.05) is 0 Å². The number of nitrogens with two attached hydrogens (primary N) is 1. The highest BCUT2D eigenvalue weighted by Crippen LogP contribution is 2.40. The lowest BCUT2D eigenvalue weighted by Gasteiger charge is -2.28. The molecule has 120 valence electrons. The van der Waals surface area contributed by atoms with Crippen LogP contribution in [0.25, 0.3) is 0 Å². The van der Waals surface area contributed by atoms with Gasteiger partial charge in [0.05, 0.1) is 0 Å². The van der Waals surface area contributed by atoms with Gasteiger partial charge in [0, 0.05) is 12.6 Å². The molecule has 10 heteroatoms. The molecule has 0 radical (unpaired) electrons. The average molecular weight is 310 g/mol. The van der Waals surface area contributed by atoms with E-state index in [9.17, 15) is 31.1 Å². The number of amides is 1. The molecule has 0 bridgehead atoms. The standard InChI is InChI=1S/C10H16F6N2O2/c1-8(2,3)20-7(19)18-4-5(17)6(9(11,12)13)10(14,15)16/h5-6H,4,17H2,1-3H3,(H,18,19). The molecule has 0 aliphatic rings. The highest BCUT2D eigenvalue weighted by Gasteiger charge is 2.59. The normalized spacial score (nSPS) is 15.2. The van der Waals surface area contributed by atoms with Crippen LogP contribution in [0, 0.1) is 5.92 Å². The molecule has 0 aliphatic heterocycles. The predicted molar refractivity (Wildman–Crippen MR) is 57.8 cm³/mol. The van der Waals surface area contributed by atoms with Crippen LogP contribution in [-0.4, -0.2) is 36.6 Å². The number of ether oxygens (including phenoxy) is 1. The Kier molecular flexibility index (Phi) is 5.70. The number of alkyl halides is 6. The van der Waals surface area contributed by atoms with Crippen molar-refractivity contribution in [3.05, 3.63) is 0 Å². The molecule has 0 aromatic carbocycles. The zero-order valence-electron chi connectivity index (χ0n) is 11.0. The minimum atomic E-state index is -5.55. The lowest BCUT2D eigenvalue weighted by Crippen LogP contribution is -2.53. The van der Waals surface area contributed by atoms with Crippen molar-refractivity contribution in [1.82, 2.24) is 5.32 Å². The van der Waals surface area contributed by atoms with E-state index in [1.165, 1.54) is 20.8 Å². The summed E-state index contributed by atoms with van der Waals surface area (Å²) in [6.07, 6.45) is -12.2. The fraction of sp³-hybridized carbons (Fsp3) is 0.900. The van der Waals surface area contributed by atoms with Crippen molar-refractivity contribution in [1.29, 1.82) is 0 Å². The van der Waals surface area contributed by atoms with Crippen LogP contribution < -0.4 is 11.1 Å². The van der Waals surface area contributed by atoms with Crippen LogP contribution in [0.3, 0.4) is 0 Å². The largest absolute Gasteiger partial charge is 0.444 e. The van der Waals surface area contributed by atoms with E-state index < -0.39 is 42.6 Å². The third-order valence-electron chi connectivity index (χ3n) is 2.01. The first-order chi connectivity index (χ1) is 8.64. The molecule has 20 heavy (non-hydrogen) atoms. The van der Waals surface area contributed by atoms with E-state index in [1.54, 1.807) is 5.32 Å². The molecule has 0 spiro atoms. The Bertz CT molecular complexity index is 320. The van der Waals surface area contributed by atoms with Crippen molar-refractivity contribution in [2.75, 3.05) is 6.54 Å². The second-order valence-corrected chi connectivity index (χ2v) is 5.11. The van der Waals surface area contributed by atoms with Crippen LogP contribution in [0.2, 0.25) is 0 Å². The van der Waals surface area contributed by atoms with Crippen LogP contribution in [-0.2, 0) is 4.74 Å². The Morgan fingerprint density at radius 1 is 1.10 bits per heavy atom.